The van der Waals surface area contributed by atoms with Crippen LogP contribution in [-0.2, 0) is 4.79 Å². The number of rotatable bonds is 8. The highest BCUT2D eigenvalue weighted by atomic mass is 35.5. The zero-order valence-corrected chi connectivity index (χ0v) is 19.3. The molecular weight excluding hydrogens is 467 g/mol. The lowest BCUT2D eigenvalue weighted by atomic mass is 10.1. The summed E-state index contributed by atoms with van der Waals surface area (Å²) >= 11 is 11.9. The number of esters is 1. The zero-order chi connectivity index (χ0) is 23.8. The van der Waals surface area contributed by atoms with Crippen LogP contribution in [0.5, 0.6) is 17.2 Å². The van der Waals surface area contributed by atoms with E-state index >= 15 is 0 Å². The number of carbonyl (C=O) groups excluding carboxylic acids is 2. The average Bonchev–Trinajstić information content (AvgIpc) is 2.81. The van der Waals surface area contributed by atoms with Gasteiger partial charge in [-0.2, -0.15) is 5.10 Å². The van der Waals surface area contributed by atoms with E-state index in [-0.39, 0.29) is 17.4 Å². The molecule has 0 aliphatic carbocycles. The second-order valence-electron chi connectivity index (χ2n) is 6.80. The molecule has 0 radical (unpaired) electrons. The number of amides is 1. The fourth-order valence-corrected chi connectivity index (χ4v) is 2.99. The number of hydrazone groups is 1. The Kier molecular flexibility index (Phi) is 8.29. The van der Waals surface area contributed by atoms with E-state index in [4.69, 9.17) is 37.4 Å². The highest BCUT2D eigenvalue weighted by Gasteiger charge is 2.13. The van der Waals surface area contributed by atoms with Crippen LogP contribution in [0.2, 0.25) is 10.0 Å². The predicted octanol–water partition coefficient (Wildman–Crippen LogP) is 5.06. The topological polar surface area (TPSA) is 86.2 Å². The summed E-state index contributed by atoms with van der Waals surface area (Å²) in [5.41, 5.74) is 4.43. The first-order valence-corrected chi connectivity index (χ1v) is 10.5. The van der Waals surface area contributed by atoms with Crippen molar-refractivity contribution in [3.8, 4) is 17.2 Å². The number of ether oxygens (including phenoxy) is 3. The van der Waals surface area contributed by atoms with Gasteiger partial charge in [-0.3, -0.25) is 4.79 Å². The van der Waals surface area contributed by atoms with Crippen LogP contribution in [0.25, 0.3) is 0 Å². The summed E-state index contributed by atoms with van der Waals surface area (Å²) in [6.45, 7) is 1.64. The molecule has 9 heteroatoms. The van der Waals surface area contributed by atoms with Crippen LogP contribution in [0.3, 0.4) is 0 Å². The quantitative estimate of drug-likeness (QED) is 0.208. The van der Waals surface area contributed by atoms with Gasteiger partial charge in [0.15, 0.2) is 18.1 Å². The molecule has 0 fully saturated rings. The predicted molar refractivity (Wildman–Crippen MR) is 127 cm³/mol. The van der Waals surface area contributed by atoms with Crippen LogP contribution in [0.4, 0.5) is 0 Å². The standard InChI is InChI=1S/C24H20Cl2N2O5/c1-15-6-9-17(10-7-15)24(30)33-19-11-8-16(12-21(19)31-2)13-27-28-22(29)14-32-20-5-3-4-18(25)23(20)26/h3-13H,14H2,1-2H3,(H,28,29)/b27-13+. The largest absolute Gasteiger partial charge is 0.493 e. The molecular formula is C24H20Cl2N2O5. The van der Waals surface area contributed by atoms with Crippen molar-refractivity contribution in [2.24, 2.45) is 5.10 Å². The van der Waals surface area contributed by atoms with Crippen molar-refractivity contribution >= 4 is 41.3 Å². The van der Waals surface area contributed by atoms with Gasteiger partial charge in [-0.05, 0) is 55.0 Å². The number of halogens is 2. The molecule has 170 valence electrons. The van der Waals surface area contributed by atoms with Crippen molar-refractivity contribution in [1.82, 2.24) is 5.43 Å². The van der Waals surface area contributed by atoms with Gasteiger partial charge in [0.1, 0.15) is 10.8 Å². The Morgan fingerprint density at radius 3 is 2.48 bits per heavy atom. The summed E-state index contributed by atoms with van der Waals surface area (Å²) in [7, 11) is 1.46. The summed E-state index contributed by atoms with van der Waals surface area (Å²) in [4.78, 5) is 24.3. The van der Waals surface area contributed by atoms with E-state index in [1.165, 1.54) is 13.3 Å². The third-order valence-electron chi connectivity index (χ3n) is 4.36. The van der Waals surface area contributed by atoms with Crippen molar-refractivity contribution in [2.75, 3.05) is 13.7 Å². The molecule has 7 nitrogen and oxygen atoms in total. The van der Waals surface area contributed by atoms with Crippen LogP contribution < -0.4 is 19.6 Å². The van der Waals surface area contributed by atoms with Gasteiger partial charge in [0.05, 0.1) is 23.9 Å². The maximum absolute atomic E-state index is 12.4. The highest BCUT2D eigenvalue weighted by molar-refractivity contribution is 6.42. The number of methoxy groups -OCH3 is 1. The first kappa shape index (κ1) is 24.1. The first-order valence-electron chi connectivity index (χ1n) is 9.73. The number of nitrogens with one attached hydrogen (secondary N) is 1. The average molecular weight is 487 g/mol. The van der Waals surface area contributed by atoms with Crippen molar-refractivity contribution in [3.05, 3.63) is 87.4 Å². The van der Waals surface area contributed by atoms with E-state index in [0.717, 1.165) is 5.56 Å². The zero-order valence-electron chi connectivity index (χ0n) is 17.8. The molecule has 0 unspecified atom stereocenters. The minimum absolute atomic E-state index is 0.228. The Morgan fingerprint density at radius 1 is 1.00 bits per heavy atom. The lowest BCUT2D eigenvalue weighted by Gasteiger charge is -2.10. The summed E-state index contributed by atoms with van der Waals surface area (Å²) in [5.74, 6) is -0.0933. The number of aryl methyl sites for hydroxylation is 1. The van der Waals surface area contributed by atoms with Gasteiger partial charge >= 0.3 is 5.97 Å². The Bertz CT molecular complexity index is 1180. The van der Waals surface area contributed by atoms with Gasteiger partial charge in [0, 0.05) is 0 Å². The molecule has 0 aliphatic heterocycles. The number of benzene rings is 3. The summed E-state index contributed by atoms with van der Waals surface area (Å²) in [6, 6.07) is 16.8. The molecule has 0 spiro atoms. The number of nitrogens with zero attached hydrogens (tertiary/aromatic N) is 1. The molecule has 3 aromatic carbocycles. The molecule has 0 atom stereocenters. The Labute approximate surface area is 200 Å². The Morgan fingerprint density at radius 2 is 1.76 bits per heavy atom. The van der Waals surface area contributed by atoms with Gasteiger partial charge in [-0.1, -0.05) is 47.0 Å². The van der Waals surface area contributed by atoms with E-state index < -0.39 is 11.9 Å². The molecule has 1 amide bonds. The lowest BCUT2D eigenvalue weighted by Crippen LogP contribution is -2.24. The second-order valence-corrected chi connectivity index (χ2v) is 7.58. The molecule has 0 aromatic heterocycles. The molecule has 33 heavy (non-hydrogen) atoms. The smallest absolute Gasteiger partial charge is 0.343 e. The van der Waals surface area contributed by atoms with Crippen LogP contribution in [0, 0.1) is 6.92 Å². The van der Waals surface area contributed by atoms with E-state index in [1.807, 2.05) is 19.1 Å². The number of carbonyl (C=O) groups is 2. The van der Waals surface area contributed by atoms with E-state index in [9.17, 15) is 9.59 Å². The van der Waals surface area contributed by atoms with E-state index in [0.29, 0.717) is 27.6 Å². The van der Waals surface area contributed by atoms with Gasteiger partial charge in [0.25, 0.3) is 5.91 Å². The molecule has 3 rings (SSSR count). The maximum Gasteiger partial charge on any atom is 0.343 e. The highest BCUT2D eigenvalue weighted by Crippen LogP contribution is 2.31. The van der Waals surface area contributed by atoms with Gasteiger partial charge in [-0.15, -0.1) is 0 Å². The molecule has 0 saturated heterocycles. The first-order chi connectivity index (χ1) is 15.9. The van der Waals surface area contributed by atoms with E-state index in [1.54, 1.807) is 48.5 Å². The van der Waals surface area contributed by atoms with Gasteiger partial charge < -0.3 is 14.2 Å². The Balaban J connectivity index is 1.57. The minimum Gasteiger partial charge on any atom is -0.493 e. The maximum atomic E-state index is 12.4. The minimum atomic E-state index is -0.498. The summed E-state index contributed by atoms with van der Waals surface area (Å²) in [5, 5.41) is 4.44. The van der Waals surface area contributed by atoms with Crippen LogP contribution in [0.1, 0.15) is 21.5 Å². The summed E-state index contributed by atoms with van der Waals surface area (Å²) in [6.07, 6.45) is 1.42. The summed E-state index contributed by atoms with van der Waals surface area (Å²) < 4.78 is 16.1. The third kappa shape index (κ3) is 6.71. The van der Waals surface area contributed by atoms with Crippen molar-refractivity contribution in [3.63, 3.8) is 0 Å². The van der Waals surface area contributed by atoms with Gasteiger partial charge in [-0.25, -0.2) is 10.2 Å². The molecule has 0 bridgehead atoms. The normalized spacial score (nSPS) is 10.7. The van der Waals surface area contributed by atoms with E-state index in [2.05, 4.69) is 10.5 Å². The molecule has 1 N–H and O–H groups in total. The second kappa shape index (κ2) is 11.4. The fourth-order valence-electron chi connectivity index (χ4n) is 2.65. The van der Waals surface area contributed by atoms with Crippen molar-refractivity contribution in [1.29, 1.82) is 0 Å². The molecule has 0 saturated carbocycles. The monoisotopic (exact) mass is 486 g/mol. The molecule has 0 aliphatic rings. The SMILES string of the molecule is COc1cc(/C=N/NC(=O)COc2cccc(Cl)c2Cl)ccc1OC(=O)c1ccc(C)cc1. The fraction of sp³-hybridized carbons (Fsp3) is 0.125. The molecule has 0 heterocycles. The van der Waals surface area contributed by atoms with Crippen LogP contribution in [-0.4, -0.2) is 31.8 Å². The molecule has 3 aromatic rings. The third-order valence-corrected chi connectivity index (χ3v) is 5.16. The van der Waals surface area contributed by atoms with Crippen molar-refractivity contribution < 1.29 is 23.8 Å². The number of hydrogen-bond acceptors (Lipinski definition) is 6. The van der Waals surface area contributed by atoms with Crippen LogP contribution in [0.15, 0.2) is 65.8 Å². The van der Waals surface area contributed by atoms with Gasteiger partial charge in [0.2, 0.25) is 0 Å². The lowest BCUT2D eigenvalue weighted by molar-refractivity contribution is -0.123. The Hall–Kier alpha value is -3.55. The van der Waals surface area contributed by atoms with Crippen molar-refractivity contribution in [2.45, 2.75) is 6.92 Å². The van der Waals surface area contributed by atoms with Crippen LogP contribution >= 0.6 is 23.2 Å². The number of hydrogen-bond donors (Lipinski definition) is 1.